The van der Waals surface area contributed by atoms with Crippen LogP contribution in [0.2, 0.25) is 0 Å². The molecule has 1 nitrogen and oxygen atoms in total. The Balaban J connectivity index is 3.05. The highest BCUT2D eigenvalue weighted by molar-refractivity contribution is 5.25. The predicted molar refractivity (Wildman–Crippen MR) is 39.2 cm³/mol. The lowest BCUT2D eigenvalue weighted by molar-refractivity contribution is 0.151. The molecule has 0 aliphatic carbocycles. The largest absolute Gasteiger partial charge is 0.326 e. The van der Waals surface area contributed by atoms with E-state index in [2.05, 4.69) is 0 Å². The number of halogens is 3. The lowest BCUT2D eigenvalue weighted by Crippen LogP contribution is -2.00. The minimum absolute atomic E-state index is 0.0631. The minimum atomic E-state index is -2.57. The van der Waals surface area contributed by atoms with Crippen LogP contribution in [0.4, 0.5) is 13.2 Å². The van der Waals surface area contributed by atoms with E-state index in [-0.39, 0.29) is 17.7 Å². The average Bonchev–Trinajstić information content (AvgIpc) is 2.05. The Hall–Kier alpha value is -1.03. The summed E-state index contributed by atoms with van der Waals surface area (Å²) in [5.41, 5.74) is 5.06. The molecule has 0 fully saturated rings. The summed E-state index contributed by atoms with van der Waals surface area (Å²) in [5.74, 6) is -0.540. The van der Waals surface area contributed by atoms with E-state index in [0.717, 1.165) is 18.2 Å². The molecule has 0 atom stereocenters. The molecular weight excluding hydrogens is 167 g/mol. The topological polar surface area (TPSA) is 26.0 Å². The van der Waals surface area contributed by atoms with Crippen LogP contribution in [0.15, 0.2) is 18.2 Å². The number of nitrogens with two attached hydrogens (primary N) is 1. The molecule has 66 valence electrons. The summed E-state index contributed by atoms with van der Waals surface area (Å²) < 4.78 is 36.8. The standard InChI is InChI=1S/C8H8F3N/c9-7-2-1-5(8(10)11)3-6(7)4-12/h1-3,8H,4,12H2. The SMILES string of the molecule is NCc1cc(C(F)F)ccc1F. The first-order valence-corrected chi connectivity index (χ1v) is 3.41. The van der Waals surface area contributed by atoms with Crippen molar-refractivity contribution in [1.29, 1.82) is 0 Å². The zero-order chi connectivity index (χ0) is 9.14. The van der Waals surface area contributed by atoms with Gasteiger partial charge in [0.2, 0.25) is 0 Å². The molecule has 1 aromatic rings. The third-order valence-corrected chi connectivity index (χ3v) is 1.54. The first kappa shape index (κ1) is 9.06. The molecule has 4 heteroatoms. The van der Waals surface area contributed by atoms with E-state index in [0.29, 0.717) is 0 Å². The number of hydrogen-bond donors (Lipinski definition) is 1. The van der Waals surface area contributed by atoms with Crippen LogP contribution < -0.4 is 5.73 Å². The smallest absolute Gasteiger partial charge is 0.263 e. The highest BCUT2D eigenvalue weighted by Gasteiger charge is 2.09. The molecule has 1 rings (SSSR count). The lowest BCUT2D eigenvalue weighted by atomic mass is 10.1. The predicted octanol–water partition coefficient (Wildman–Crippen LogP) is 2.22. The second-order valence-electron chi connectivity index (χ2n) is 2.36. The van der Waals surface area contributed by atoms with Crippen molar-refractivity contribution in [3.8, 4) is 0 Å². The van der Waals surface area contributed by atoms with Crippen molar-refractivity contribution in [3.05, 3.63) is 35.1 Å². The Labute approximate surface area is 68.0 Å². The Morgan fingerprint density at radius 2 is 2.00 bits per heavy atom. The number of rotatable bonds is 2. The maximum absolute atomic E-state index is 12.7. The number of hydrogen-bond acceptors (Lipinski definition) is 1. The van der Waals surface area contributed by atoms with Gasteiger partial charge >= 0.3 is 0 Å². The van der Waals surface area contributed by atoms with E-state index in [1.807, 2.05) is 0 Å². The second-order valence-corrected chi connectivity index (χ2v) is 2.36. The third kappa shape index (κ3) is 1.76. The fraction of sp³-hybridized carbons (Fsp3) is 0.250. The van der Waals surface area contributed by atoms with Gasteiger partial charge in [-0.15, -0.1) is 0 Å². The first-order chi connectivity index (χ1) is 5.65. The molecule has 0 bridgehead atoms. The molecule has 0 aliphatic rings. The molecule has 2 N–H and O–H groups in total. The average molecular weight is 175 g/mol. The van der Waals surface area contributed by atoms with E-state index < -0.39 is 12.2 Å². The van der Waals surface area contributed by atoms with Crippen molar-refractivity contribution in [2.24, 2.45) is 5.73 Å². The summed E-state index contributed by atoms with van der Waals surface area (Å²) in [6.45, 7) is -0.0631. The third-order valence-electron chi connectivity index (χ3n) is 1.54. The maximum atomic E-state index is 12.7. The summed E-state index contributed by atoms with van der Waals surface area (Å²) in [6.07, 6.45) is -2.57. The van der Waals surface area contributed by atoms with Crippen LogP contribution in [-0.2, 0) is 6.54 Å². The van der Waals surface area contributed by atoms with E-state index in [1.54, 1.807) is 0 Å². The molecule has 0 spiro atoms. The van der Waals surface area contributed by atoms with Crippen LogP contribution in [0.25, 0.3) is 0 Å². The maximum Gasteiger partial charge on any atom is 0.263 e. The number of alkyl halides is 2. The summed E-state index contributed by atoms with van der Waals surface area (Å²) in [5, 5.41) is 0. The van der Waals surface area contributed by atoms with Gasteiger partial charge in [-0.2, -0.15) is 0 Å². The molecule has 12 heavy (non-hydrogen) atoms. The number of benzene rings is 1. The van der Waals surface area contributed by atoms with Gasteiger partial charge in [-0.3, -0.25) is 0 Å². The molecule has 0 saturated heterocycles. The zero-order valence-corrected chi connectivity index (χ0v) is 6.23. The monoisotopic (exact) mass is 175 g/mol. The second kappa shape index (κ2) is 3.58. The molecule has 0 radical (unpaired) electrons. The van der Waals surface area contributed by atoms with Gasteiger partial charge in [-0.1, -0.05) is 6.07 Å². The molecule has 0 aliphatic heterocycles. The highest BCUT2D eigenvalue weighted by Crippen LogP contribution is 2.20. The summed E-state index contributed by atoms with van der Waals surface area (Å²) in [6, 6.07) is 3.14. The van der Waals surface area contributed by atoms with E-state index in [1.165, 1.54) is 0 Å². The Morgan fingerprint density at radius 1 is 1.33 bits per heavy atom. The molecule has 0 aromatic heterocycles. The first-order valence-electron chi connectivity index (χ1n) is 3.41. The van der Waals surface area contributed by atoms with Crippen molar-refractivity contribution in [1.82, 2.24) is 0 Å². The van der Waals surface area contributed by atoms with Gasteiger partial charge in [0.15, 0.2) is 0 Å². The van der Waals surface area contributed by atoms with Crippen molar-refractivity contribution >= 4 is 0 Å². The highest BCUT2D eigenvalue weighted by atomic mass is 19.3. The molecule has 0 amide bonds. The molecule has 1 aromatic carbocycles. The fourth-order valence-electron chi connectivity index (χ4n) is 0.887. The van der Waals surface area contributed by atoms with Crippen molar-refractivity contribution in [2.45, 2.75) is 13.0 Å². The normalized spacial score (nSPS) is 10.8. The van der Waals surface area contributed by atoms with Gasteiger partial charge in [0.25, 0.3) is 6.43 Å². The van der Waals surface area contributed by atoms with Crippen molar-refractivity contribution in [3.63, 3.8) is 0 Å². The summed E-state index contributed by atoms with van der Waals surface area (Å²) in [7, 11) is 0. The molecular formula is C8H8F3N. The van der Waals surface area contributed by atoms with Crippen LogP contribution in [0.5, 0.6) is 0 Å². The Kier molecular flexibility index (Phi) is 2.70. The van der Waals surface area contributed by atoms with Crippen LogP contribution in [0.3, 0.4) is 0 Å². The Morgan fingerprint density at radius 3 is 2.50 bits per heavy atom. The van der Waals surface area contributed by atoms with E-state index in [9.17, 15) is 13.2 Å². The molecule has 0 unspecified atom stereocenters. The quantitative estimate of drug-likeness (QED) is 0.732. The summed E-state index contributed by atoms with van der Waals surface area (Å²) in [4.78, 5) is 0. The zero-order valence-electron chi connectivity index (χ0n) is 6.23. The molecule has 0 heterocycles. The van der Waals surface area contributed by atoms with Crippen LogP contribution in [0.1, 0.15) is 17.6 Å². The Bertz CT molecular complexity index is 273. The van der Waals surface area contributed by atoms with E-state index in [4.69, 9.17) is 5.73 Å². The van der Waals surface area contributed by atoms with Crippen molar-refractivity contribution in [2.75, 3.05) is 0 Å². The van der Waals surface area contributed by atoms with Crippen LogP contribution in [0, 0.1) is 5.82 Å². The van der Waals surface area contributed by atoms with Crippen molar-refractivity contribution < 1.29 is 13.2 Å². The van der Waals surface area contributed by atoms with Gasteiger partial charge in [0.1, 0.15) is 5.82 Å². The van der Waals surface area contributed by atoms with Gasteiger partial charge in [0, 0.05) is 17.7 Å². The lowest BCUT2D eigenvalue weighted by Gasteiger charge is -2.03. The van der Waals surface area contributed by atoms with Gasteiger partial charge in [-0.25, -0.2) is 13.2 Å². The van der Waals surface area contributed by atoms with Crippen LogP contribution in [-0.4, -0.2) is 0 Å². The fourth-order valence-corrected chi connectivity index (χ4v) is 0.887. The summed E-state index contributed by atoms with van der Waals surface area (Å²) >= 11 is 0. The van der Waals surface area contributed by atoms with Gasteiger partial charge in [0.05, 0.1) is 0 Å². The molecule has 0 saturated carbocycles. The van der Waals surface area contributed by atoms with Crippen LogP contribution >= 0.6 is 0 Å². The van der Waals surface area contributed by atoms with Gasteiger partial charge in [-0.05, 0) is 12.1 Å². The minimum Gasteiger partial charge on any atom is -0.326 e. The van der Waals surface area contributed by atoms with E-state index >= 15 is 0 Å². The van der Waals surface area contributed by atoms with Gasteiger partial charge < -0.3 is 5.73 Å².